The molecule has 0 spiro atoms. The van der Waals surface area contributed by atoms with Crippen LogP contribution in [0.5, 0.6) is 0 Å². The average Bonchev–Trinajstić information content (AvgIpc) is 2.94. The van der Waals surface area contributed by atoms with Crippen LogP contribution in [0.15, 0.2) is 24.3 Å². The van der Waals surface area contributed by atoms with Crippen LogP contribution >= 0.6 is 0 Å². The van der Waals surface area contributed by atoms with Crippen molar-refractivity contribution in [3.8, 4) is 0 Å². The molecule has 2 rings (SSSR count). The molecule has 1 aliphatic carbocycles. The number of hydrogen-bond acceptors (Lipinski definition) is 9. The van der Waals surface area contributed by atoms with Gasteiger partial charge in [-0.15, -0.1) is 0 Å². The average molecular weight is 488 g/mol. The Morgan fingerprint density at radius 2 is 1.60 bits per heavy atom. The van der Waals surface area contributed by atoms with Crippen molar-refractivity contribution in [2.75, 3.05) is 0 Å². The molecule has 11 heteroatoms. The number of hydrogen-bond donors (Lipinski definition) is 0. The molecule has 0 aromatic heterocycles. The summed E-state index contributed by atoms with van der Waals surface area (Å²) in [7, 11) is 0. The van der Waals surface area contributed by atoms with E-state index in [2.05, 4.69) is 0 Å². The standard InChI is InChI=1S/C19H23NO9Se/c1-11(21)27-16-10-14(18(28-12(2)22)19(16)29-13(3)23)8-9-30(26)17-7-5-4-6-15(17)20(24)25/h4-7,14,16,18-19H,8-10H2,1-3H3/t14-,16+,18+,19+,30?/m0/s1. The number of carbonyl (C=O) groups excluding carboxylic acids is 3. The zero-order chi connectivity index (χ0) is 22.4. The number of carbonyl (C=O) groups is 3. The van der Waals surface area contributed by atoms with Crippen LogP contribution in [0.1, 0.15) is 33.6 Å². The van der Waals surface area contributed by atoms with Gasteiger partial charge in [-0.2, -0.15) is 0 Å². The molecule has 0 saturated heterocycles. The van der Waals surface area contributed by atoms with Gasteiger partial charge in [-0.1, -0.05) is 0 Å². The fourth-order valence-electron chi connectivity index (χ4n) is 3.52. The maximum atomic E-state index is 12.8. The minimum absolute atomic E-state index is 0.146. The van der Waals surface area contributed by atoms with Crippen LogP contribution in [-0.4, -0.2) is 55.0 Å². The first-order chi connectivity index (χ1) is 14.1. The summed E-state index contributed by atoms with van der Waals surface area (Å²) in [5.74, 6) is -2.19. The molecule has 10 nitrogen and oxygen atoms in total. The predicted octanol–water partition coefficient (Wildman–Crippen LogP) is 1.43. The molecule has 1 aromatic carbocycles. The van der Waals surface area contributed by atoms with E-state index < -0.39 is 60.9 Å². The van der Waals surface area contributed by atoms with Crippen LogP contribution < -0.4 is 4.46 Å². The van der Waals surface area contributed by atoms with Crippen molar-refractivity contribution < 1.29 is 37.4 Å². The second-order valence-corrected chi connectivity index (χ2v) is 10.1. The third-order valence-electron chi connectivity index (χ3n) is 4.59. The molecular formula is C19H23NO9Se. The van der Waals surface area contributed by atoms with E-state index in [1.807, 2.05) is 0 Å². The number of nitro benzene ring substituents is 1. The molecule has 0 radical (unpaired) electrons. The fourth-order valence-corrected chi connectivity index (χ4v) is 6.33. The second kappa shape index (κ2) is 10.4. The SMILES string of the molecule is CC(=O)O[C@@H]1[C@@H](CC[Se](=O)c2ccccc2[N+](=O)[O-])C[C@@H](OC(C)=O)[C@H]1OC(C)=O. The third kappa shape index (κ3) is 6.17. The van der Waals surface area contributed by atoms with Crippen molar-refractivity contribution in [2.24, 2.45) is 5.92 Å². The first-order valence-corrected chi connectivity index (χ1v) is 12.0. The predicted molar refractivity (Wildman–Crippen MR) is 103 cm³/mol. The minimum atomic E-state index is -2.77. The molecule has 1 aliphatic rings. The molecular weight excluding hydrogens is 465 g/mol. The zero-order valence-electron chi connectivity index (χ0n) is 16.8. The van der Waals surface area contributed by atoms with Gasteiger partial charge in [0.2, 0.25) is 0 Å². The van der Waals surface area contributed by atoms with Gasteiger partial charge in [-0.3, -0.25) is 0 Å². The van der Waals surface area contributed by atoms with E-state index in [0.29, 0.717) is 0 Å². The van der Waals surface area contributed by atoms with Crippen LogP contribution in [0.4, 0.5) is 5.69 Å². The fraction of sp³-hybridized carbons (Fsp3) is 0.526. The van der Waals surface area contributed by atoms with Crippen molar-refractivity contribution in [2.45, 2.75) is 57.2 Å². The van der Waals surface area contributed by atoms with E-state index in [9.17, 15) is 28.3 Å². The van der Waals surface area contributed by atoms with Crippen molar-refractivity contribution in [3.63, 3.8) is 0 Å². The van der Waals surface area contributed by atoms with Crippen molar-refractivity contribution >= 4 is 41.9 Å². The Labute approximate surface area is 177 Å². The van der Waals surface area contributed by atoms with E-state index in [4.69, 9.17) is 14.2 Å². The molecule has 1 unspecified atom stereocenters. The Hall–Kier alpha value is -2.65. The zero-order valence-corrected chi connectivity index (χ0v) is 18.5. The quantitative estimate of drug-likeness (QED) is 0.175. The monoisotopic (exact) mass is 489 g/mol. The summed E-state index contributed by atoms with van der Waals surface area (Å²) in [5, 5.41) is 11.3. The Kier molecular flexibility index (Phi) is 8.19. The molecule has 0 amide bonds. The van der Waals surface area contributed by atoms with Crippen LogP contribution in [0.2, 0.25) is 5.32 Å². The van der Waals surface area contributed by atoms with Gasteiger partial charge in [0, 0.05) is 0 Å². The molecule has 0 N–H and O–H groups in total. The summed E-state index contributed by atoms with van der Waals surface area (Å²) < 4.78 is 28.8. The Morgan fingerprint density at radius 1 is 1.03 bits per heavy atom. The Bertz CT molecular complexity index is 856. The second-order valence-electron chi connectivity index (χ2n) is 6.85. The van der Waals surface area contributed by atoms with Crippen LogP contribution in [0, 0.1) is 16.0 Å². The van der Waals surface area contributed by atoms with E-state index in [1.165, 1.54) is 39.0 Å². The molecule has 5 atom stereocenters. The summed E-state index contributed by atoms with van der Waals surface area (Å²) in [4.78, 5) is 45.1. The molecule has 1 saturated carbocycles. The van der Waals surface area contributed by atoms with Gasteiger partial charge < -0.3 is 0 Å². The summed E-state index contributed by atoms with van der Waals surface area (Å²) in [6.07, 6.45) is -2.13. The van der Waals surface area contributed by atoms with Gasteiger partial charge in [0.15, 0.2) is 0 Å². The van der Waals surface area contributed by atoms with Gasteiger partial charge in [0.25, 0.3) is 0 Å². The van der Waals surface area contributed by atoms with E-state index in [0.717, 1.165) is 0 Å². The molecule has 30 heavy (non-hydrogen) atoms. The van der Waals surface area contributed by atoms with Crippen molar-refractivity contribution in [1.29, 1.82) is 0 Å². The molecule has 1 fully saturated rings. The number of rotatable bonds is 8. The number of esters is 3. The first kappa shape index (κ1) is 23.6. The third-order valence-corrected chi connectivity index (χ3v) is 7.62. The molecule has 1 aromatic rings. The van der Waals surface area contributed by atoms with Crippen molar-refractivity contribution in [3.05, 3.63) is 34.4 Å². The number of para-hydroxylation sites is 1. The topological polar surface area (TPSA) is 139 Å². The normalized spacial score (nSPS) is 24.0. The van der Waals surface area contributed by atoms with Crippen LogP contribution in [-0.2, 0) is 32.4 Å². The van der Waals surface area contributed by atoms with E-state index in [-0.39, 0.29) is 28.3 Å². The van der Waals surface area contributed by atoms with E-state index in [1.54, 1.807) is 6.07 Å². The summed E-state index contributed by atoms with van der Waals surface area (Å²) in [6.45, 7) is 3.61. The van der Waals surface area contributed by atoms with Gasteiger partial charge in [-0.05, 0) is 0 Å². The number of nitrogens with zero attached hydrogens (tertiary/aromatic N) is 1. The molecule has 0 bridgehead atoms. The summed E-state index contributed by atoms with van der Waals surface area (Å²) >= 11 is -2.77. The Balaban J connectivity index is 2.20. The Morgan fingerprint density at radius 3 is 2.17 bits per heavy atom. The van der Waals surface area contributed by atoms with Gasteiger partial charge in [0.05, 0.1) is 0 Å². The van der Waals surface area contributed by atoms with E-state index >= 15 is 0 Å². The number of ether oxygens (including phenoxy) is 3. The molecule has 0 aliphatic heterocycles. The van der Waals surface area contributed by atoms with Crippen molar-refractivity contribution in [1.82, 2.24) is 0 Å². The van der Waals surface area contributed by atoms with Crippen LogP contribution in [0.25, 0.3) is 0 Å². The summed E-state index contributed by atoms with van der Waals surface area (Å²) in [6, 6.07) is 5.86. The number of nitro groups is 1. The first-order valence-electron chi connectivity index (χ1n) is 9.23. The van der Waals surface area contributed by atoms with Gasteiger partial charge >= 0.3 is 177 Å². The molecule has 164 valence electrons. The van der Waals surface area contributed by atoms with Gasteiger partial charge in [-0.25, -0.2) is 0 Å². The van der Waals surface area contributed by atoms with Crippen LogP contribution in [0.3, 0.4) is 0 Å². The molecule has 0 heterocycles. The summed E-state index contributed by atoms with van der Waals surface area (Å²) in [5.41, 5.74) is -0.198. The maximum absolute atomic E-state index is 12.8. The van der Waals surface area contributed by atoms with Gasteiger partial charge in [0.1, 0.15) is 0 Å². The number of benzene rings is 1.